The molecule has 0 radical (unpaired) electrons. The van der Waals surface area contributed by atoms with Crippen molar-refractivity contribution in [2.75, 3.05) is 11.1 Å². The van der Waals surface area contributed by atoms with E-state index in [1.54, 1.807) is 23.9 Å². The summed E-state index contributed by atoms with van der Waals surface area (Å²) in [5, 5.41) is 20.8. The van der Waals surface area contributed by atoms with Crippen LogP contribution in [0, 0.1) is 0 Å². The number of carbonyl (C=O) groups excluding carboxylic acids is 1. The molecule has 0 unspecified atom stereocenters. The molecular formula is C16H15NO5S. The first kappa shape index (κ1) is 16.7. The van der Waals surface area contributed by atoms with Gasteiger partial charge in [0.05, 0.1) is 0 Å². The van der Waals surface area contributed by atoms with Crippen molar-refractivity contribution in [1.82, 2.24) is 0 Å². The van der Waals surface area contributed by atoms with Gasteiger partial charge in [0.2, 0.25) is 0 Å². The summed E-state index contributed by atoms with van der Waals surface area (Å²) >= 11 is 1.68. The zero-order chi connectivity index (χ0) is 16.8. The van der Waals surface area contributed by atoms with Gasteiger partial charge in [0, 0.05) is 10.6 Å². The SMILES string of the molecule is CCSc1ccc(OC(=O)Nc2ccc(O)c(C(=O)O)c2)cc1. The zero-order valence-electron chi connectivity index (χ0n) is 12.3. The van der Waals surface area contributed by atoms with Gasteiger partial charge in [-0.3, -0.25) is 5.32 Å². The van der Waals surface area contributed by atoms with E-state index in [0.29, 0.717) is 5.75 Å². The van der Waals surface area contributed by atoms with Gasteiger partial charge in [-0.15, -0.1) is 11.8 Å². The van der Waals surface area contributed by atoms with Crippen LogP contribution in [0.15, 0.2) is 47.4 Å². The highest BCUT2D eigenvalue weighted by molar-refractivity contribution is 7.99. The molecule has 23 heavy (non-hydrogen) atoms. The van der Waals surface area contributed by atoms with Crippen LogP contribution in [0.5, 0.6) is 11.5 Å². The third kappa shape index (κ3) is 4.65. The molecule has 6 nitrogen and oxygen atoms in total. The van der Waals surface area contributed by atoms with Crippen molar-refractivity contribution in [2.24, 2.45) is 0 Å². The van der Waals surface area contributed by atoms with Crippen LogP contribution in [0.3, 0.4) is 0 Å². The Morgan fingerprint density at radius 1 is 1.17 bits per heavy atom. The van der Waals surface area contributed by atoms with Gasteiger partial charge >= 0.3 is 12.1 Å². The second kappa shape index (κ2) is 7.55. The number of hydrogen-bond acceptors (Lipinski definition) is 5. The molecule has 0 aliphatic rings. The topological polar surface area (TPSA) is 95.9 Å². The summed E-state index contributed by atoms with van der Waals surface area (Å²) in [4.78, 5) is 23.8. The molecule has 0 aromatic heterocycles. The smallest absolute Gasteiger partial charge is 0.417 e. The molecule has 0 saturated carbocycles. The van der Waals surface area contributed by atoms with E-state index in [9.17, 15) is 14.7 Å². The average molecular weight is 333 g/mol. The number of carboxylic acid groups (broad SMARTS) is 1. The largest absolute Gasteiger partial charge is 0.507 e. The fourth-order valence-electron chi connectivity index (χ4n) is 1.81. The van der Waals surface area contributed by atoms with Crippen molar-refractivity contribution >= 4 is 29.5 Å². The van der Waals surface area contributed by atoms with Crippen LogP contribution in [0.2, 0.25) is 0 Å². The van der Waals surface area contributed by atoms with E-state index in [0.717, 1.165) is 16.7 Å². The number of anilines is 1. The first-order chi connectivity index (χ1) is 11.0. The molecule has 120 valence electrons. The first-order valence-corrected chi connectivity index (χ1v) is 7.76. The molecule has 0 bridgehead atoms. The van der Waals surface area contributed by atoms with Crippen molar-refractivity contribution in [2.45, 2.75) is 11.8 Å². The fraction of sp³-hybridized carbons (Fsp3) is 0.125. The highest BCUT2D eigenvalue weighted by Crippen LogP contribution is 2.23. The number of thioether (sulfide) groups is 1. The van der Waals surface area contributed by atoms with Gasteiger partial charge in [0.15, 0.2) is 0 Å². The molecule has 3 N–H and O–H groups in total. The van der Waals surface area contributed by atoms with Gasteiger partial charge in [0.1, 0.15) is 17.1 Å². The minimum atomic E-state index is -1.29. The number of nitrogens with one attached hydrogen (secondary N) is 1. The molecule has 0 heterocycles. The number of aromatic carboxylic acids is 1. The van der Waals surface area contributed by atoms with Crippen LogP contribution in [-0.2, 0) is 0 Å². The van der Waals surface area contributed by atoms with Crippen LogP contribution in [0.25, 0.3) is 0 Å². The van der Waals surface area contributed by atoms with Gasteiger partial charge in [-0.1, -0.05) is 6.92 Å². The number of amides is 1. The Morgan fingerprint density at radius 3 is 2.48 bits per heavy atom. The van der Waals surface area contributed by atoms with E-state index in [4.69, 9.17) is 9.84 Å². The number of benzene rings is 2. The lowest BCUT2D eigenvalue weighted by molar-refractivity contribution is 0.0693. The monoisotopic (exact) mass is 333 g/mol. The van der Waals surface area contributed by atoms with Gasteiger partial charge in [-0.25, -0.2) is 9.59 Å². The van der Waals surface area contributed by atoms with E-state index < -0.39 is 12.1 Å². The minimum Gasteiger partial charge on any atom is -0.507 e. The standard InChI is InChI=1S/C16H15NO5S/c1-2-23-12-6-4-11(5-7-12)22-16(21)17-10-3-8-14(18)13(9-10)15(19)20/h3-9,18H,2H2,1H3,(H,17,21)(H,19,20). The van der Waals surface area contributed by atoms with Crippen molar-refractivity contribution < 1.29 is 24.5 Å². The Labute approximate surface area is 137 Å². The zero-order valence-corrected chi connectivity index (χ0v) is 13.1. The lowest BCUT2D eigenvalue weighted by Gasteiger charge is -2.08. The number of phenols is 1. The predicted molar refractivity (Wildman–Crippen MR) is 87.6 cm³/mol. The summed E-state index contributed by atoms with van der Waals surface area (Å²) in [6.45, 7) is 2.05. The number of rotatable bonds is 5. The number of aromatic hydroxyl groups is 1. The molecule has 7 heteroatoms. The summed E-state index contributed by atoms with van der Waals surface area (Å²) < 4.78 is 5.11. The maximum Gasteiger partial charge on any atom is 0.417 e. The summed E-state index contributed by atoms with van der Waals surface area (Å²) in [5.74, 6) is -0.336. The number of carboxylic acids is 1. The van der Waals surface area contributed by atoms with E-state index >= 15 is 0 Å². The van der Waals surface area contributed by atoms with Crippen molar-refractivity contribution in [1.29, 1.82) is 0 Å². The highest BCUT2D eigenvalue weighted by Gasteiger charge is 2.12. The van der Waals surface area contributed by atoms with Gasteiger partial charge in [-0.05, 0) is 48.2 Å². The molecule has 2 rings (SSSR count). The Morgan fingerprint density at radius 2 is 1.87 bits per heavy atom. The maximum atomic E-state index is 11.8. The molecule has 0 aliphatic carbocycles. The minimum absolute atomic E-state index is 0.211. The third-order valence-corrected chi connectivity index (χ3v) is 3.71. The van der Waals surface area contributed by atoms with Crippen LogP contribution >= 0.6 is 11.8 Å². The van der Waals surface area contributed by atoms with E-state index in [1.807, 2.05) is 19.1 Å². The van der Waals surface area contributed by atoms with E-state index in [2.05, 4.69) is 5.32 Å². The predicted octanol–water partition coefficient (Wildman–Crippen LogP) is 3.81. The number of ether oxygens (including phenoxy) is 1. The Kier molecular flexibility index (Phi) is 5.48. The second-order valence-corrected chi connectivity index (χ2v) is 5.79. The molecule has 0 fully saturated rings. The molecule has 0 spiro atoms. The summed E-state index contributed by atoms with van der Waals surface area (Å²) in [6.07, 6.45) is -0.747. The van der Waals surface area contributed by atoms with Crippen LogP contribution in [-0.4, -0.2) is 28.0 Å². The molecule has 2 aromatic carbocycles. The van der Waals surface area contributed by atoms with Crippen LogP contribution in [0.1, 0.15) is 17.3 Å². The fourth-order valence-corrected chi connectivity index (χ4v) is 2.47. The van der Waals surface area contributed by atoms with Crippen molar-refractivity contribution in [3.8, 4) is 11.5 Å². The van der Waals surface area contributed by atoms with E-state index in [-0.39, 0.29) is 17.0 Å². The third-order valence-electron chi connectivity index (χ3n) is 2.82. The molecule has 0 saturated heterocycles. The average Bonchev–Trinajstić information content (AvgIpc) is 2.51. The van der Waals surface area contributed by atoms with Gasteiger partial charge in [0.25, 0.3) is 0 Å². The molecular weight excluding hydrogens is 318 g/mol. The Balaban J connectivity index is 2.02. The van der Waals surface area contributed by atoms with Crippen LogP contribution in [0.4, 0.5) is 10.5 Å². The lowest BCUT2D eigenvalue weighted by Crippen LogP contribution is -2.17. The lowest BCUT2D eigenvalue weighted by atomic mass is 10.2. The van der Waals surface area contributed by atoms with Crippen molar-refractivity contribution in [3.63, 3.8) is 0 Å². The Bertz CT molecular complexity index is 715. The maximum absolute atomic E-state index is 11.8. The summed E-state index contributed by atoms with van der Waals surface area (Å²) in [5.41, 5.74) is -0.0906. The number of hydrogen-bond donors (Lipinski definition) is 3. The van der Waals surface area contributed by atoms with Crippen LogP contribution < -0.4 is 10.1 Å². The molecule has 2 aromatic rings. The molecule has 0 atom stereocenters. The van der Waals surface area contributed by atoms with Crippen molar-refractivity contribution in [3.05, 3.63) is 48.0 Å². The molecule has 0 aliphatic heterocycles. The summed E-state index contributed by atoms with van der Waals surface area (Å²) in [6, 6.07) is 10.8. The highest BCUT2D eigenvalue weighted by atomic mass is 32.2. The Hall–Kier alpha value is -2.67. The second-order valence-electron chi connectivity index (χ2n) is 4.46. The van der Waals surface area contributed by atoms with E-state index in [1.165, 1.54) is 12.1 Å². The first-order valence-electron chi connectivity index (χ1n) is 6.77. The van der Waals surface area contributed by atoms with Gasteiger partial charge in [-0.2, -0.15) is 0 Å². The molecule has 1 amide bonds. The quantitative estimate of drug-likeness (QED) is 0.569. The van der Waals surface area contributed by atoms with Gasteiger partial charge < -0.3 is 14.9 Å². The normalized spacial score (nSPS) is 10.1. The summed E-state index contributed by atoms with van der Waals surface area (Å²) in [7, 11) is 0. The number of carbonyl (C=O) groups is 2.